The second-order valence-corrected chi connectivity index (χ2v) is 11.5. The Labute approximate surface area is 159 Å². The molecular weight excluding hydrogens is 366 g/mol. The summed E-state index contributed by atoms with van der Waals surface area (Å²) in [6.45, 7) is 9.49. The lowest BCUT2D eigenvalue weighted by Crippen LogP contribution is -2.50. The molecule has 0 unspecified atom stereocenters. The average molecular weight is 394 g/mol. The van der Waals surface area contributed by atoms with Crippen LogP contribution in [-0.4, -0.2) is 63.6 Å². The van der Waals surface area contributed by atoms with Gasteiger partial charge in [0.25, 0.3) is 0 Å². The number of anilines is 1. The molecule has 3 atom stereocenters. The lowest BCUT2D eigenvalue weighted by molar-refractivity contribution is -0.176. The summed E-state index contributed by atoms with van der Waals surface area (Å²) in [6.07, 6.45) is 3.46. The molecule has 3 rings (SSSR count). The number of aromatic nitrogens is 4. The second kappa shape index (κ2) is 6.62. The number of nitrogens with two attached hydrogens (primary N) is 1. The van der Waals surface area contributed by atoms with Gasteiger partial charge < -0.3 is 20.3 Å². The number of rotatable bonds is 5. The first-order valence-corrected chi connectivity index (χ1v) is 11.9. The highest BCUT2D eigenvalue weighted by Crippen LogP contribution is 2.46. The number of aliphatic hydroxyl groups excluding tert-OH is 1. The highest BCUT2D eigenvalue weighted by Gasteiger charge is 2.60. The molecule has 1 saturated heterocycles. The van der Waals surface area contributed by atoms with Gasteiger partial charge in [0.15, 0.2) is 23.4 Å². The van der Waals surface area contributed by atoms with Crippen LogP contribution in [0.1, 0.15) is 27.2 Å². The van der Waals surface area contributed by atoms with Crippen LogP contribution in [0.5, 0.6) is 0 Å². The van der Waals surface area contributed by atoms with Crippen molar-refractivity contribution in [3.8, 4) is 0 Å². The molecule has 27 heavy (non-hydrogen) atoms. The molecule has 2 aromatic heterocycles. The van der Waals surface area contributed by atoms with Crippen LogP contribution in [0, 0.1) is 0 Å². The molecule has 1 aliphatic heterocycles. The SMILES string of the molecule is C[SiH](C)[C@]1(n2cnc3c(N)ncnc32)C[C@H](OC(C)(C)C)[C@@](C=O)(CO)O1. The number of hydrogen-bond donors (Lipinski definition) is 2. The van der Waals surface area contributed by atoms with E-state index in [9.17, 15) is 9.90 Å². The van der Waals surface area contributed by atoms with Crippen molar-refractivity contribution in [3.63, 3.8) is 0 Å². The van der Waals surface area contributed by atoms with Crippen molar-refractivity contribution < 1.29 is 19.4 Å². The Kier molecular flexibility index (Phi) is 4.87. The van der Waals surface area contributed by atoms with Crippen LogP contribution in [0.2, 0.25) is 13.1 Å². The van der Waals surface area contributed by atoms with Crippen molar-refractivity contribution >= 4 is 32.1 Å². The Hall–Kier alpha value is -1.88. The molecule has 0 aliphatic carbocycles. The molecule has 1 aliphatic rings. The summed E-state index contributed by atoms with van der Waals surface area (Å²) in [5, 5.41) is 9.21. The van der Waals surface area contributed by atoms with Gasteiger partial charge in [-0.05, 0) is 20.8 Å². The Balaban J connectivity index is 2.17. The van der Waals surface area contributed by atoms with Crippen LogP contribution in [0.25, 0.3) is 11.2 Å². The van der Waals surface area contributed by atoms with Crippen molar-refractivity contribution in [1.82, 2.24) is 19.5 Å². The normalized spacial score (nSPS) is 28.9. The van der Waals surface area contributed by atoms with E-state index in [-0.39, 0.29) is 5.82 Å². The Morgan fingerprint density at radius 3 is 2.70 bits per heavy atom. The fourth-order valence-corrected chi connectivity index (χ4v) is 5.51. The van der Waals surface area contributed by atoms with Crippen LogP contribution in [0.3, 0.4) is 0 Å². The molecule has 9 nitrogen and oxygen atoms in total. The molecule has 0 aromatic carbocycles. The van der Waals surface area contributed by atoms with Crippen LogP contribution < -0.4 is 5.73 Å². The number of fused-ring (bicyclic) bond motifs is 1. The van der Waals surface area contributed by atoms with Gasteiger partial charge in [-0.2, -0.15) is 0 Å². The highest BCUT2D eigenvalue weighted by molar-refractivity contribution is 6.58. The van der Waals surface area contributed by atoms with E-state index in [2.05, 4.69) is 28.0 Å². The number of carbonyl (C=O) groups excluding carboxylic acids is 1. The zero-order valence-electron chi connectivity index (χ0n) is 16.3. The third kappa shape index (κ3) is 3.16. The number of imidazole rings is 1. The fraction of sp³-hybridized carbons (Fsp3) is 0.647. The van der Waals surface area contributed by atoms with Gasteiger partial charge in [-0.3, -0.25) is 9.36 Å². The van der Waals surface area contributed by atoms with Gasteiger partial charge in [-0.15, -0.1) is 0 Å². The number of nitrogen functional groups attached to an aromatic ring is 1. The molecule has 148 valence electrons. The first-order valence-electron chi connectivity index (χ1n) is 8.98. The van der Waals surface area contributed by atoms with E-state index in [1.165, 1.54) is 6.33 Å². The van der Waals surface area contributed by atoms with E-state index in [0.717, 1.165) is 0 Å². The summed E-state index contributed by atoms with van der Waals surface area (Å²) < 4.78 is 14.4. The number of ether oxygens (including phenoxy) is 2. The predicted molar refractivity (Wildman–Crippen MR) is 103 cm³/mol. The molecule has 0 amide bonds. The minimum Gasteiger partial charge on any atom is -0.393 e. The van der Waals surface area contributed by atoms with Crippen LogP contribution >= 0.6 is 0 Å². The van der Waals surface area contributed by atoms with E-state index >= 15 is 0 Å². The Bertz CT molecular complexity index is 851. The molecule has 0 saturated carbocycles. The molecule has 3 N–H and O–H groups in total. The van der Waals surface area contributed by atoms with Gasteiger partial charge in [-0.1, -0.05) is 13.1 Å². The van der Waals surface area contributed by atoms with Crippen molar-refractivity contribution in [1.29, 1.82) is 0 Å². The maximum Gasteiger partial charge on any atom is 0.174 e. The van der Waals surface area contributed by atoms with E-state index in [1.54, 1.807) is 6.33 Å². The number of aliphatic hydroxyl groups is 1. The maximum atomic E-state index is 12.0. The minimum absolute atomic E-state index is 0.281. The smallest absolute Gasteiger partial charge is 0.174 e. The number of hydrogen-bond acceptors (Lipinski definition) is 8. The Morgan fingerprint density at radius 1 is 1.44 bits per heavy atom. The van der Waals surface area contributed by atoms with Gasteiger partial charge in [0, 0.05) is 6.42 Å². The van der Waals surface area contributed by atoms with Gasteiger partial charge in [0.1, 0.15) is 23.3 Å². The zero-order valence-corrected chi connectivity index (χ0v) is 17.5. The van der Waals surface area contributed by atoms with Crippen molar-refractivity contribution in [3.05, 3.63) is 12.7 Å². The van der Waals surface area contributed by atoms with Gasteiger partial charge >= 0.3 is 0 Å². The first-order chi connectivity index (χ1) is 12.6. The lowest BCUT2D eigenvalue weighted by atomic mass is 9.98. The summed E-state index contributed by atoms with van der Waals surface area (Å²) in [4.78, 5) is 24.7. The fourth-order valence-electron chi connectivity index (χ4n) is 3.62. The van der Waals surface area contributed by atoms with E-state index in [4.69, 9.17) is 15.2 Å². The topological polar surface area (TPSA) is 125 Å². The summed E-state index contributed by atoms with van der Waals surface area (Å²) in [7, 11) is -1.64. The van der Waals surface area contributed by atoms with Crippen LogP contribution in [0.15, 0.2) is 12.7 Å². The number of aldehydes is 1. The van der Waals surface area contributed by atoms with E-state index in [0.29, 0.717) is 23.9 Å². The van der Waals surface area contributed by atoms with Crippen molar-refractivity contribution in [2.75, 3.05) is 12.3 Å². The average Bonchev–Trinajstić information content (AvgIpc) is 3.15. The van der Waals surface area contributed by atoms with Crippen LogP contribution in [0.4, 0.5) is 5.82 Å². The molecule has 3 heterocycles. The molecule has 1 fully saturated rings. The molecule has 0 radical (unpaired) electrons. The molecule has 2 aromatic rings. The first kappa shape index (κ1) is 19.9. The molecule has 0 spiro atoms. The monoisotopic (exact) mass is 393 g/mol. The summed E-state index contributed by atoms with van der Waals surface area (Å²) in [5.74, 6) is 0.281. The van der Waals surface area contributed by atoms with Gasteiger partial charge in [0.2, 0.25) is 0 Å². The van der Waals surface area contributed by atoms with Crippen molar-refractivity contribution in [2.45, 2.75) is 62.9 Å². The second-order valence-electron chi connectivity index (χ2n) is 8.30. The predicted octanol–water partition coefficient (Wildman–Crippen LogP) is 0.621. The van der Waals surface area contributed by atoms with Crippen LogP contribution in [-0.2, 0) is 19.6 Å². The lowest BCUT2D eigenvalue weighted by Gasteiger charge is -2.36. The van der Waals surface area contributed by atoms with E-state index < -0.39 is 38.1 Å². The van der Waals surface area contributed by atoms with E-state index in [1.807, 2.05) is 25.3 Å². The summed E-state index contributed by atoms with van der Waals surface area (Å²) in [6, 6.07) is 0. The van der Waals surface area contributed by atoms with Gasteiger partial charge in [-0.25, -0.2) is 15.0 Å². The maximum absolute atomic E-state index is 12.0. The molecular formula is C17H27N5O4Si. The molecule has 0 bridgehead atoms. The Morgan fingerprint density at radius 2 is 2.15 bits per heavy atom. The largest absolute Gasteiger partial charge is 0.393 e. The standard InChI is InChI=1S/C17H27N5O4Si/c1-15(2,3)25-11-6-17(27(4)5,26-16(11,7-23)8-24)22-10-21-12-13(18)19-9-20-14(12)22/h7,9-11,24,27H,6,8H2,1-5H3,(H2,18,19,20)/t11-,16+,17-/m0/s1. The quantitative estimate of drug-likeness (QED) is 0.559. The van der Waals surface area contributed by atoms with Crippen molar-refractivity contribution in [2.24, 2.45) is 0 Å². The zero-order chi connectivity index (χ0) is 20.0. The highest BCUT2D eigenvalue weighted by atomic mass is 28.3. The summed E-state index contributed by atoms with van der Waals surface area (Å²) in [5.41, 5.74) is 5.00. The number of nitrogens with zero attached hydrogens (tertiary/aromatic N) is 4. The minimum atomic E-state index is -1.64. The summed E-state index contributed by atoms with van der Waals surface area (Å²) >= 11 is 0. The number of carbonyl (C=O) groups is 1. The third-order valence-corrected chi connectivity index (χ3v) is 7.44. The van der Waals surface area contributed by atoms with Gasteiger partial charge in [0.05, 0.1) is 27.3 Å². The molecule has 10 heteroatoms. The third-order valence-electron chi connectivity index (χ3n) is 5.00.